The van der Waals surface area contributed by atoms with Crippen LogP contribution in [-0.2, 0) is 19.7 Å². The molecule has 1 fully saturated rings. The van der Waals surface area contributed by atoms with Gasteiger partial charge in [-0.3, -0.25) is 4.79 Å². The molecule has 1 saturated heterocycles. The molecular formula is C18H18ClNO6S2. The van der Waals surface area contributed by atoms with E-state index in [1.165, 1.54) is 37.4 Å². The first-order valence-corrected chi connectivity index (χ1v) is 12.1. The summed E-state index contributed by atoms with van der Waals surface area (Å²) in [6, 6.07) is 10.2. The molecule has 0 aliphatic carbocycles. The largest absolute Gasteiger partial charge is 0.495 e. The van der Waals surface area contributed by atoms with Gasteiger partial charge in [0.1, 0.15) is 5.75 Å². The van der Waals surface area contributed by atoms with Gasteiger partial charge in [0.25, 0.3) is 5.91 Å². The number of carbonyl (C=O) groups is 1. The fourth-order valence-electron chi connectivity index (χ4n) is 2.98. The molecule has 1 amide bonds. The Balaban J connectivity index is 1.87. The first kappa shape index (κ1) is 20.6. The molecule has 1 aliphatic rings. The van der Waals surface area contributed by atoms with Crippen LogP contribution in [0.3, 0.4) is 0 Å². The van der Waals surface area contributed by atoms with Crippen LogP contribution >= 0.6 is 11.6 Å². The average Bonchev–Trinajstić information content (AvgIpc) is 3.02. The number of sulfone groups is 2. The van der Waals surface area contributed by atoms with Crippen LogP contribution in [0.4, 0.5) is 5.69 Å². The van der Waals surface area contributed by atoms with Gasteiger partial charge in [0.05, 0.1) is 34.4 Å². The second-order valence-corrected chi connectivity index (χ2v) is 11.3. The molecule has 0 unspecified atom stereocenters. The van der Waals surface area contributed by atoms with E-state index in [9.17, 15) is 21.6 Å². The van der Waals surface area contributed by atoms with Gasteiger partial charge in [0, 0.05) is 10.6 Å². The molecule has 10 heteroatoms. The lowest BCUT2D eigenvalue weighted by molar-refractivity contribution is 0.102. The van der Waals surface area contributed by atoms with E-state index in [1.807, 2.05) is 0 Å². The Morgan fingerprint density at radius 2 is 1.96 bits per heavy atom. The third kappa shape index (κ3) is 4.31. The van der Waals surface area contributed by atoms with Crippen LogP contribution in [0.25, 0.3) is 0 Å². The number of nitrogens with one attached hydrogen (secondary N) is 1. The van der Waals surface area contributed by atoms with Crippen LogP contribution in [0.15, 0.2) is 47.4 Å². The molecule has 1 N–H and O–H groups in total. The van der Waals surface area contributed by atoms with Gasteiger partial charge in [-0.1, -0.05) is 17.7 Å². The van der Waals surface area contributed by atoms with Crippen molar-refractivity contribution in [2.75, 3.05) is 23.9 Å². The molecule has 2 aromatic rings. The van der Waals surface area contributed by atoms with E-state index in [1.54, 1.807) is 12.1 Å². The Morgan fingerprint density at radius 1 is 1.21 bits per heavy atom. The van der Waals surface area contributed by atoms with Crippen LogP contribution in [-0.4, -0.2) is 46.6 Å². The summed E-state index contributed by atoms with van der Waals surface area (Å²) in [5, 5.41) is 2.04. The molecule has 0 saturated carbocycles. The van der Waals surface area contributed by atoms with Crippen LogP contribution in [0.5, 0.6) is 5.75 Å². The van der Waals surface area contributed by atoms with Gasteiger partial charge >= 0.3 is 0 Å². The predicted molar refractivity (Wildman–Crippen MR) is 107 cm³/mol. The maximum Gasteiger partial charge on any atom is 0.255 e. The third-order valence-corrected chi connectivity index (χ3v) is 8.87. The number of benzene rings is 2. The summed E-state index contributed by atoms with van der Waals surface area (Å²) < 4.78 is 54.0. The molecule has 7 nitrogen and oxygen atoms in total. The zero-order valence-electron chi connectivity index (χ0n) is 14.9. The number of hydrogen-bond acceptors (Lipinski definition) is 6. The number of ether oxygens (including phenoxy) is 1. The Labute approximate surface area is 168 Å². The number of anilines is 1. The summed E-state index contributed by atoms with van der Waals surface area (Å²) in [5.41, 5.74) is 0.458. The number of amides is 1. The van der Waals surface area contributed by atoms with E-state index in [-0.39, 0.29) is 22.6 Å². The van der Waals surface area contributed by atoms with E-state index in [4.69, 9.17) is 16.3 Å². The van der Waals surface area contributed by atoms with Crippen molar-refractivity contribution < 1.29 is 26.4 Å². The summed E-state index contributed by atoms with van der Waals surface area (Å²) in [5.74, 6) is -0.689. The second-order valence-electron chi connectivity index (χ2n) is 6.40. The average molecular weight is 444 g/mol. The molecule has 0 aromatic heterocycles. The minimum absolute atomic E-state index is 0.0564. The van der Waals surface area contributed by atoms with Crippen molar-refractivity contribution in [3.63, 3.8) is 0 Å². The van der Waals surface area contributed by atoms with Gasteiger partial charge in [-0.2, -0.15) is 0 Å². The van der Waals surface area contributed by atoms with Crippen molar-refractivity contribution in [1.29, 1.82) is 0 Å². The van der Waals surface area contributed by atoms with E-state index < -0.39 is 36.6 Å². The standard InChI is InChI=1S/C18H18ClNO6S2/c1-26-17-6-5-13(19)10-16(17)20-18(21)12-3-2-4-14(9-12)28(24,25)15-7-8-27(22,23)11-15/h2-6,9-10,15H,7-8,11H2,1H3,(H,20,21)/t15-/m1/s1. The highest BCUT2D eigenvalue weighted by Gasteiger charge is 2.38. The molecule has 0 bridgehead atoms. The zero-order chi connectivity index (χ0) is 20.5. The maximum absolute atomic E-state index is 12.8. The van der Waals surface area contributed by atoms with Crippen molar-refractivity contribution >= 4 is 42.9 Å². The molecule has 3 rings (SSSR count). The number of rotatable bonds is 5. The number of halogens is 1. The number of carbonyl (C=O) groups excluding carboxylic acids is 1. The molecule has 2 aromatic carbocycles. The first-order chi connectivity index (χ1) is 13.1. The van der Waals surface area contributed by atoms with Crippen LogP contribution < -0.4 is 10.1 Å². The first-order valence-electron chi connectivity index (χ1n) is 8.32. The molecule has 28 heavy (non-hydrogen) atoms. The number of hydrogen-bond donors (Lipinski definition) is 1. The van der Waals surface area contributed by atoms with Gasteiger partial charge in [0.2, 0.25) is 0 Å². The van der Waals surface area contributed by atoms with Crippen LogP contribution in [0.2, 0.25) is 5.02 Å². The highest BCUT2D eigenvalue weighted by atomic mass is 35.5. The molecule has 0 radical (unpaired) electrons. The molecule has 0 spiro atoms. The van der Waals surface area contributed by atoms with Gasteiger partial charge in [-0.25, -0.2) is 16.8 Å². The fraction of sp³-hybridized carbons (Fsp3) is 0.278. The molecule has 1 heterocycles. The quantitative estimate of drug-likeness (QED) is 0.761. The van der Waals surface area contributed by atoms with Gasteiger partial charge in [0.15, 0.2) is 19.7 Å². The molecule has 1 atom stereocenters. The monoisotopic (exact) mass is 443 g/mol. The fourth-order valence-corrected chi connectivity index (χ4v) is 7.56. The van der Waals surface area contributed by atoms with E-state index in [0.29, 0.717) is 16.5 Å². The van der Waals surface area contributed by atoms with E-state index >= 15 is 0 Å². The minimum Gasteiger partial charge on any atom is -0.495 e. The van der Waals surface area contributed by atoms with Crippen molar-refractivity contribution in [1.82, 2.24) is 0 Å². The number of methoxy groups -OCH3 is 1. The van der Waals surface area contributed by atoms with E-state index in [0.717, 1.165) is 0 Å². The van der Waals surface area contributed by atoms with Gasteiger partial charge < -0.3 is 10.1 Å². The SMILES string of the molecule is COc1ccc(Cl)cc1NC(=O)c1cccc(S(=O)(=O)[C@@H]2CCS(=O)(=O)C2)c1. The smallest absolute Gasteiger partial charge is 0.255 e. The Bertz CT molecular complexity index is 1130. The third-order valence-electron chi connectivity index (χ3n) is 4.46. The predicted octanol–water partition coefficient (Wildman–Crippen LogP) is 2.56. The van der Waals surface area contributed by atoms with Crippen molar-refractivity contribution in [3.8, 4) is 5.75 Å². The van der Waals surface area contributed by atoms with Crippen LogP contribution in [0, 0.1) is 0 Å². The van der Waals surface area contributed by atoms with Crippen molar-refractivity contribution in [3.05, 3.63) is 53.1 Å². The Hall–Kier alpha value is -2.10. The lowest BCUT2D eigenvalue weighted by atomic mass is 10.2. The summed E-state index contributed by atoms with van der Waals surface area (Å²) >= 11 is 5.95. The van der Waals surface area contributed by atoms with Gasteiger partial charge in [-0.05, 0) is 42.8 Å². The Kier molecular flexibility index (Phi) is 5.69. The van der Waals surface area contributed by atoms with Crippen molar-refractivity contribution in [2.24, 2.45) is 0 Å². The maximum atomic E-state index is 12.8. The lowest BCUT2D eigenvalue weighted by Gasteiger charge is -2.13. The summed E-state index contributed by atoms with van der Waals surface area (Å²) in [4.78, 5) is 12.5. The summed E-state index contributed by atoms with van der Waals surface area (Å²) in [7, 11) is -5.77. The highest BCUT2D eigenvalue weighted by Crippen LogP contribution is 2.29. The highest BCUT2D eigenvalue weighted by molar-refractivity contribution is 7.96. The normalized spacial score (nSPS) is 18.6. The second kappa shape index (κ2) is 7.73. The summed E-state index contributed by atoms with van der Waals surface area (Å²) in [6.07, 6.45) is 0.0564. The molecule has 1 aliphatic heterocycles. The lowest BCUT2D eigenvalue weighted by Crippen LogP contribution is -2.23. The minimum atomic E-state index is -3.86. The zero-order valence-corrected chi connectivity index (χ0v) is 17.3. The topological polar surface area (TPSA) is 107 Å². The van der Waals surface area contributed by atoms with Crippen molar-refractivity contribution in [2.45, 2.75) is 16.6 Å². The Morgan fingerprint density at radius 3 is 2.61 bits per heavy atom. The molecule has 150 valence electrons. The molecular weight excluding hydrogens is 426 g/mol. The summed E-state index contributed by atoms with van der Waals surface area (Å²) in [6.45, 7) is 0. The van der Waals surface area contributed by atoms with E-state index in [2.05, 4.69) is 5.32 Å². The van der Waals surface area contributed by atoms with Crippen LogP contribution in [0.1, 0.15) is 16.8 Å². The van der Waals surface area contributed by atoms with Gasteiger partial charge in [-0.15, -0.1) is 0 Å².